The van der Waals surface area contributed by atoms with Crippen LogP contribution < -0.4 is 14.4 Å². The average molecular weight is 295 g/mol. The predicted molar refractivity (Wildman–Crippen MR) is 83.9 cm³/mol. The first-order valence-electron chi connectivity index (χ1n) is 7.29. The van der Waals surface area contributed by atoms with Gasteiger partial charge >= 0.3 is 0 Å². The number of nitrogens with zero attached hydrogens (tertiary/aromatic N) is 1. The first-order valence-corrected chi connectivity index (χ1v) is 7.29. The highest BCUT2D eigenvalue weighted by Gasteiger charge is 2.52. The van der Waals surface area contributed by atoms with Gasteiger partial charge in [-0.05, 0) is 36.2 Å². The Bertz CT molecular complexity index is 799. The van der Waals surface area contributed by atoms with Crippen LogP contribution >= 0.6 is 0 Å². The van der Waals surface area contributed by atoms with E-state index in [1.165, 1.54) is 5.56 Å². The molecule has 112 valence electrons. The zero-order chi connectivity index (χ0) is 15.5. The number of carbonyl (C=O) groups excluding carboxylic acids is 1. The Labute approximate surface area is 129 Å². The van der Waals surface area contributed by atoms with Gasteiger partial charge in [-0.1, -0.05) is 18.2 Å². The van der Waals surface area contributed by atoms with Crippen molar-refractivity contribution in [2.45, 2.75) is 18.9 Å². The summed E-state index contributed by atoms with van der Waals surface area (Å²) in [7, 11) is 3.20. The van der Waals surface area contributed by atoms with Crippen LogP contribution in [0, 0.1) is 0 Å². The smallest absolute Gasteiger partial charge is 0.259 e. The van der Waals surface area contributed by atoms with Crippen molar-refractivity contribution in [3.8, 4) is 11.5 Å². The zero-order valence-corrected chi connectivity index (χ0v) is 12.8. The SMILES string of the molecule is COc1cc2c(cc1OC)[C@@]1(C)Cc3ccccc3N1C2=O. The molecule has 2 aromatic carbocycles. The Balaban J connectivity index is 1.95. The van der Waals surface area contributed by atoms with Crippen molar-refractivity contribution in [1.29, 1.82) is 0 Å². The van der Waals surface area contributed by atoms with Gasteiger partial charge in [-0.25, -0.2) is 0 Å². The van der Waals surface area contributed by atoms with Crippen molar-refractivity contribution < 1.29 is 14.3 Å². The van der Waals surface area contributed by atoms with Gasteiger partial charge < -0.3 is 9.47 Å². The Morgan fingerprint density at radius 1 is 1.09 bits per heavy atom. The first-order chi connectivity index (χ1) is 10.6. The number of methoxy groups -OCH3 is 2. The highest BCUT2D eigenvalue weighted by atomic mass is 16.5. The normalized spacial score (nSPS) is 21.4. The number of benzene rings is 2. The lowest BCUT2D eigenvalue weighted by Crippen LogP contribution is -2.38. The molecule has 0 saturated heterocycles. The van der Waals surface area contributed by atoms with E-state index < -0.39 is 0 Å². The molecule has 2 aromatic rings. The standard InChI is InChI=1S/C18H17NO3/c1-18-10-11-6-4-5-7-14(11)19(18)17(20)12-8-15(21-2)16(22-3)9-13(12)18/h4-9H,10H2,1-3H3/t18-/m1/s1. The topological polar surface area (TPSA) is 38.8 Å². The minimum atomic E-state index is -0.352. The number of hydrogen-bond donors (Lipinski definition) is 0. The Hall–Kier alpha value is -2.49. The third kappa shape index (κ3) is 1.44. The molecule has 1 atom stereocenters. The summed E-state index contributed by atoms with van der Waals surface area (Å²) in [5, 5.41) is 0. The number of rotatable bonds is 2. The van der Waals surface area contributed by atoms with Crippen molar-refractivity contribution >= 4 is 11.6 Å². The zero-order valence-electron chi connectivity index (χ0n) is 12.8. The van der Waals surface area contributed by atoms with Gasteiger partial charge in [-0.2, -0.15) is 0 Å². The second-order valence-electron chi connectivity index (χ2n) is 5.97. The van der Waals surface area contributed by atoms with Crippen LogP contribution in [0.2, 0.25) is 0 Å². The molecule has 0 unspecified atom stereocenters. The molecule has 0 spiro atoms. The summed E-state index contributed by atoms with van der Waals surface area (Å²) in [6.07, 6.45) is 0.817. The molecule has 4 rings (SSSR count). The summed E-state index contributed by atoms with van der Waals surface area (Å²) in [5.41, 5.74) is 3.57. The van der Waals surface area contributed by atoms with Gasteiger partial charge in [0.1, 0.15) is 0 Å². The lowest BCUT2D eigenvalue weighted by molar-refractivity contribution is 0.0983. The van der Waals surface area contributed by atoms with Crippen LogP contribution in [0.3, 0.4) is 0 Å². The van der Waals surface area contributed by atoms with E-state index in [-0.39, 0.29) is 11.4 Å². The summed E-state index contributed by atoms with van der Waals surface area (Å²) in [6.45, 7) is 2.11. The fraction of sp³-hybridized carbons (Fsp3) is 0.278. The van der Waals surface area contributed by atoms with E-state index in [1.54, 1.807) is 20.3 Å². The number of fused-ring (bicyclic) bond motifs is 5. The second-order valence-corrected chi connectivity index (χ2v) is 5.97. The van der Waals surface area contributed by atoms with E-state index in [9.17, 15) is 4.79 Å². The molecule has 2 heterocycles. The molecule has 4 heteroatoms. The van der Waals surface area contributed by atoms with Gasteiger partial charge in [0.15, 0.2) is 11.5 Å². The number of para-hydroxylation sites is 1. The molecule has 2 aliphatic rings. The van der Waals surface area contributed by atoms with E-state index in [2.05, 4.69) is 13.0 Å². The summed E-state index contributed by atoms with van der Waals surface area (Å²) in [5.74, 6) is 1.28. The van der Waals surface area contributed by atoms with Crippen molar-refractivity contribution in [2.75, 3.05) is 19.1 Å². The lowest BCUT2D eigenvalue weighted by Gasteiger charge is -2.29. The van der Waals surface area contributed by atoms with Crippen molar-refractivity contribution in [3.63, 3.8) is 0 Å². The van der Waals surface area contributed by atoms with Crippen molar-refractivity contribution in [1.82, 2.24) is 0 Å². The van der Waals surface area contributed by atoms with Crippen LogP contribution in [0.4, 0.5) is 5.69 Å². The van der Waals surface area contributed by atoms with E-state index in [0.717, 1.165) is 17.7 Å². The number of carbonyl (C=O) groups is 1. The van der Waals surface area contributed by atoms with E-state index in [1.807, 2.05) is 29.2 Å². The molecule has 1 amide bonds. The maximum Gasteiger partial charge on any atom is 0.259 e. The van der Waals surface area contributed by atoms with Crippen molar-refractivity contribution in [2.24, 2.45) is 0 Å². The molecule has 2 aliphatic heterocycles. The third-order valence-electron chi connectivity index (χ3n) is 4.80. The van der Waals surface area contributed by atoms with Gasteiger partial charge in [0.25, 0.3) is 5.91 Å². The average Bonchev–Trinajstić information content (AvgIpc) is 2.95. The van der Waals surface area contributed by atoms with Crippen LogP contribution in [0.15, 0.2) is 36.4 Å². The molecule has 0 radical (unpaired) electrons. The van der Waals surface area contributed by atoms with E-state index >= 15 is 0 Å². The fourth-order valence-corrected chi connectivity index (χ4v) is 3.77. The predicted octanol–water partition coefficient (Wildman–Crippen LogP) is 3.14. The van der Waals surface area contributed by atoms with Crippen LogP contribution in [0.1, 0.15) is 28.4 Å². The largest absolute Gasteiger partial charge is 0.493 e. The number of anilines is 1. The summed E-state index contributed by atoms with van der Waals surface area (Å²) in [6, 6.07) is 11.8. The van der Waals surface area contributed by atoms with Gasteiger partial charge in [0, 0.05) is 17.7 Å². The molecule has 0 N–H and O–H groups in total. The second kappa shape index (κ2) is 4.26. The van der Waals surface area contributed by atoms with E-state index in [0.29, 0.717) is 17.1 Å². The molecule has 0 aliphatic carbocycles. The van der Waals surface area contributed by atoms with Crippen molar-refractivity contribution in [3.05, 3.63) is 53.1 Å². The van der Waals surface area contributed by atoms with E-state index in [4.69, 9.17) is 9.47 Å². The fourth-order valence-electron chi connectivity index (χ4n) is 3.77. The van der Waals surface area contributed by atoms with Gasteiger partial charge in [0.05, 0.1) is 19.8 Å². The molecular weight excluding hydrogens is 278 g/mol. The maximum absolute atomic E-state index is 12.9. The van der Waals surface area contributed by atoms with Crippen LogP contribution in [0.5, 0.6) is 11.5 Å². The quantitative estimate of drug-likeness (QED) is 0.854. The lowest BCUT2D eigenvalue weighted by atomic mass is 9.88. The first kappa shape index (κ1) is 13.2. The summed E-state index contributed by atoms with van der Waals surface area (Å²) >= 11 is 0. The van der Waals surface area contributed by atoms with Gasteiger partial charge in [0.2, 0.25) is 0 Å². The monoisotopic (exact) mass is 295 g/mol. The highest BCUT2D eigenvalue weighted by molar-refractivity contribution is 6.14. The maximum atomic E-state index is 12.9. The Morgan fingerprint density at radius 2 is 1.77 bits per heavy atom. The minimum absolute atomic E-state index is 0.0309. The molecule has 0 aromatic heterocycles. The summed E-state index contributed by atoms with van der Waals surface area (Å²) < 4.78 is 10.8. The van der Waals surface area contributed by atoms with Crippen LogP contribution in [-0.2, 0) is 12.0 Å². The number of ether oxygens (including phenoxy) is 2. The van der Waals surface area contributed by atoms with Crippen LogP contribution in [-0.4, -0.2) is 20.1 Å². The molecule has 4 nitrogen and oxygen atoms in total. The number of hydrogen-bond acceptors (Lipinski definition) is 3. The molecule has 0 fully saturated rings. The Morgan fingerprint density at radius 3 is 2.50 bits per heavy atom. The molecule has 22 heavy (non-hydrogen) atoms. The van der Waals surface area contributed by atoms with Gasteiger partial charge in [-0.3, -0.25) is 9.69 Å². The third-order valence-corrected chi connectivity index (χ3v) is 4.80. The van der Waals surface area contributed by atoms with Gasteiger partial charge in [-0.15, -0.1) is 0 Å². The minimum Gasteiger partial charge on any atom is -0.493 e. The van der Waals surface area contributed by atoms with Crippen LogP contribution in [0.25, 0.3) is 0 Å². The highest BCUT2D eigenvalue weighted by Crippen LogP contribution is 2.52. The Kier molecular flexibility index (Phi) is 2.55. The molecule has 0 saturated carbocycles. The number of amides is 1. The molecule has 0 bridgehead atoms. The summed E-state index contributed by atoms with van der Waals surface area (Å²) in [4.78, 5) is 14.9. The molecular formula is C18H17NO3.